The number of nitrogens with one attached hydrogen (secondary N) is 1. The molecular weight excluding hydrogens is 334 g/mol. The van der Waals surface area contributed by atoms with Crippen molar-refractivity contribution in [2.45, 2.75) is 38.0 Å². The van der Waals surface area contributed by atoms with E-state index >= 15 is 0 Å². The summed E-state index contributed by atoms with van der Waals surface area (Å²) in [5.41, 5.74) is 0. The van der Waals surface area contributed by atoms with Gasteiger partial charge in [-0.2, -0.15) is 0 Å². The fourth-order valence-corrected chi connectivity index (χ4v) is 3.69. The highest BCUT2D eigenvalue weighted by Crippen LogP contribution is 2.35. The van der Waals surface area contributed by atoms with Gasteiger partial charge in [-0.05, 0) is 37.1 Å². The summed E-state index contributed by atoms with van der Waals surface area (Å²) in [7, 11) is 0. The molecule has 5 nitrogen and oxygen atoms in total. The molecule has 1 aliphatic rings. The van der Waals surface area contributed by atoms with Crippen molar-refractivity contribution in [2.75, 3.05) is 11.9 Å². The van der Waals surface area contributed by atoms with Crippen LogP contribution < -0.4 is 10.1 Å². The van der Waals surface area contributed by atoms with E-state index in [1.807, 2.05) is 0 Å². The highest BCUT2D eigenvalue weighted by atomic mass is 35.5. The van der Waals surface area contributed by atoms with Gasteiger partial charge in [0.05, 0.1) is 0 Å². The molecule has 1 aromatic heterocycles. The van der Waals surface area contributed by atoms with E-state index in [1.54, 1.807) is 24.3 Å². The summed E-state index contributed by atoms with van der Waals surface area (Å²) < 4.78 is 5.40. The molecule has 1 amide bonds. The molecule has 0 saturated heterocycles. The van der Waals surface area contributed by atoms with Crippen LogP contribution in [0.3, 0.4) is 0 Å². The zero-order chi connectivity index (χ0) is 16.1. The van der Waals surface area contributed by atoms with Crippen molar-refractivity contribution in [1.29, 1.82) is 0 Å². The number of carbonyl (C=O) groups excluding carboxylic acids is 1. The predicted octanol–water partition coefficient (Wildman–Crippen LogP) is 4.26. The first-order chi connectivity index (χ1) is 11.2. The largest absolute Gasteiger partial charge is 0.484 e. The van der Waals surface area contributed by atoms with E-state index in [-0.39, 0.29) is 12.5 Å². The Balaban J connectivity index is 1.49. The van der Waals surface area contributed by atoms with E-state index in [0.29, 0.717) is 21.8 Å². The molecule has 2 aromatic rings. The lowest BCUT2D eigenvalue weighted by Crippen LogP contribution is -2.20. The Labute approximate surface area is 144 Å². The lowest BCUT2D eigenvalue weighted by molar-refractivity contribution is -0.118. The zero-order valence-corrected chi connectivity index (χ0v) is 14.2. The Morgan fingerprint density at radius 1 is 1.22 bits per heavy atom. The highest BCUT2D eigenvalue weighted by Gasteiger charge is 2.20. The SMILES string of the molecule is O=C(COc1ccc(Cl)cc1)Nc1nnc(C2CCCCC2)s1. The molecule has 0 radical (unpaired) electrons. The molecule has 1 aromatic carbocycles. The molecule has 3 rings (SSSR count). The summed E-state index contributed by atoms with van der Waals surface area (Å²) in [6.07, 6.45) is 6.15. The minimum Gasteiger partial charge on any atom is -0.484 e. The Hall–Kier alpha value is -1.66. The third-order valence-corrected chi connectivity index (χ3v) is 5.08. The number of hydrogen-bond acceptors (Lipinski definition) is 5. The van der Waals surface area contributed by atoms with Crippen LogP contribution >= 0.6 is 22.9 Å². The van der Waals surface area contributed by atoms with Crippen molar-refractivity contribution < 1.29 is 9.53 Å². The first kappa shape index (κ1) is 16.2. The van der Waals surface area contributed by atoms with Crippen molar-refractivity contribution in [3.05, 3.63) is 34.3 Å². The van der Waals surface area contributed by atoms with Crippen LogP contribution in [0.1, 0.15) is 43.0 Å². The molecule has 0 bridgehead atoms. The summed E-state index contributed by atoms with van der Waals surface area (Å²) in [5, 5.41) is 13.2. The van der Waals surface area contributed by atoms with Gasteiger partial charge in [-0.3, -0.25) is 10.1 Å². The second-order valence-corrected chi connectivity index (χ2v) is 7.02. The second kappa shape index (κ2) is 7.75. The highest BCUT2D eigenvalue weighted by molar-refractivity contribution is 7.15. The van der Waals surface area contributed by atoms with Crippen molar-refractivity contribution in [3.8, 4) is 5.75 Å². The molecule has 1 aliphatic carbocycles. The quantitative estimate of drug-likeness (QED) is 0.874. The average molecular weight is 352 g/mol. The summed E-state index contributed by atoms with van der Waals surface area (Å²) in [4.78, 5) is 11.9. The first-order valence-corrected chi connectivity index (χ1v) is 8.92. The molecule has 23 heavy (non-hydrogen) atoms. The fraction of sp³-hybridized carbons (Fsp3) is 0.438. The summed E-state index contributed by atoms with van der Waals surface area (Å²) in [5.74, 6) is 0.855. The van der Waals surface area contributed by atoms with E-state index in [4.69, 9.17) is 16.3 Å². The van der Waals surface area contributed by atoms with Crippen LogP contribution in [0.4, 0.5) is 5.13 Å². The third kappa shape index (κ3) is 4.65. The molecule has 7 heteroatoms. The zero-order valence-electron chi connectivity index (χ0n) is 12.6. The molecule has 122 valence electrons. The van der Waals surface area contributed by atoms with Crippen molar-refractivity contribution in [1.82, 2.24) is 10.2 Å². The van der Waals surface area contributed by atoms with Crippen molar-refractivity contribution >= 4 is 34.0 Å². The number of ether oxygens (including phenoxy) is 1. The molecule has 1 saturated carbocycles. The van der Waals surface area contributed by atoms with E-state index < -0.39 is 0 Å². The summed E-state index contributed by atoms with van der Waals surface area (Å²) in [6, 6.07) is 6.88. The Morgan fingerprint density at radius 3 is 2.70 bits per heavy atom. The maximum Gasteiger partial charge on any atom is 0.264 e. The number of rotatable bonds is 5. The van der Waals surface area contributed by atoms with E-state index in [2.05, 4.69) is 15.5 Å². The third-order valence-electron chi connectivity index (χ3n) is 3.82. The van der Waals surface area contributed by atoms with Gasteiger partial charge in [0.1, 0.15) is 10.8 Å². The monoisotopic (exact) mass is 351 g/mol. The van der Waals surface area contributed by atoms with Crippen LogP contribution in [0, 0.1) is 0 Å². The van der Waals surface area contributed by atoms with Crippen LogP contribution in [-0.2, 0) is 4.79 Å². The number of halogens is 1. The van der Waals surface area contributed by atoms with Gasteiger partial charge in [-0.25, -0.2) is 0 Å². The van der Waals surface area contributed by atoms with Gasteiger partial charge in [0.2, 0.25) is 5.13 Å². The first-order valence-electron chi connectivity index (χ1n) is 7.72. The van der Waals surface area contributed by atoms with Crippen LogP contribution in [0.5, 0.6) is 5.75 Å². The maximum absolute atomic E-state index is 11.9. The van der Waals surface area contributed by atoms with E-state index in [0.717, 1.165) is 5.01 Å². The Kier molecular flexibility index (Phi) is 5.46. The molecule has 1 fully saturated rings. The number of amides is 1. The number of benzene rings is 1. The normalized spacial score (nSPS) is 15.3. The molecule has 0 unspecified atom stereocenters. The minimum atomic E-state index is -0.244. The van der Waals surface area contributed by atoms with Gasteiger partial charge in [0.15, 0.2) is 6.61 Å². The predicted molar refractivity (Wildman–Crippen MR) is 91.3 cm³/mol. The van der Waals surface area contributed by atoms with Crippen LogP contribution in [-0.4, -0.2) is 22.7 Å². The van der Waals surface area contributed by atoms with Gasteiger partial charge in [-0.15, -0.1) is 10.2 Å². The molecule has 0 spiro atoms. The topological polar surface area (TPSA) is 64.1 Å². The minimum absolute atomic E-state index is 0.0695. The smallest absolute Gasteiger partial charge is 0.264 e. The lowest BCUT2D eigenvalue weighted by atomic mass is 9.90. The Morgan fingerprint density at radius 2 is 1.96 bits per heavy atom. The molecule has 0 atom stereocenters. The van der Waals surface area contributed by atoms with Gasteiger partial charge in [-0.1, -0.05) is 42.2 Å². The maximum atomic E-state index is 11.9. The standard InChI is InChI=1S/C16H18ClN3O2S/c17-12-6-8-13(9-7-12)22-10-14(21)18-16-20-19-15(23-16)11-4-2-1-3-5-11/h6-9,11H,1-5,10H2,(H,18,20,21). The number of aromatic nitrogens is 2. The van der Waals surface area contributed by atoms with Crippen molar-refractivity contribution in [2.24, 2.45) is 0 Å². The van der Waals surface area contributed by atoms with Gasteiger partial charge in [0.25, 0.3) is 5.91 Å². The van der Waals surface area contributed by atoms with Gasteiger partial charge >= 0.3 is 0 Å². The summed E-state index contributed by atoms with van der Waals surface area (Å²) >= 11 is 7.26. The summed E-state index contributed by atoms with van der Waals surface area (Å²) in [6.45, 7) is -0.0695. The molecule has 1 N–H and O–H groups in total. The van der Waals surface area contributed by atoms with Gasteiger partial charge < -0.3 is 4.74 Å². The molecule has 0 aliphatic heterocycles. The number of carbonyl (C=O) groups is 1. The van der Waals surface area contributed by atoms with E-state index in [9.17, 15) is 4.79 Å². The van der Waals surface area contributed by atoms with E-state index in [1.165, 1.54) is 43.4 Å². The average Bonchev–Trinajstić information content (AvgIpc) is 3.04. The second-order valence-electron chi connectivity index (χ2n) is 5.57. The number of nitrogens with zero attached hydrogens (tertiary/aromatic N) is 2. The molecule has 1 heterocycles. The van der Waals surface area contributed by atoms with Crippen LogP contribution in [0.25, 0.3) is 0 Å². The van der Waals surface area contributed by atoms with Gasteiger partial charge in [0, 0.05) is 10.9 Å². The lowest BCUT2D eigenvalue weighted by Gasteiger charge is -2.18. The van der Waals surface area contributed by atoms with Crippen LogP contribution in [0.15, 0.2) is 24.3 Å². The fourth-order valence-electron chi connectivity index (χ4n) is 2.63. The van der Waals surface area contributed by atoms with Crippen molar-refractivity contribution in [3.63, 3.8) is 0 Å². The number of anilines is 1. The molecular formula is C16H18ClN3O2S. The Bertz CT molecular complexity index is 654. The van der Waals surface area contributed by atoms with Crippen LogP contribution in [0.2, 0.25) is 5.02 Å². The number of hydrogen-bond donors (Lipinski definition) is 1.